The summed E-state index contributed by atoms with van der Waals surface area (Å²) in [6, 6.07) is -1.23. The van der Waals surface area contributed by atoms with E-state index >= 15 is 0 Å². The molecule has 1 atom stereocenters. The maximum absolute atomic E-state index is 12.0. The Labute approximate surface area is 129 Å². The van der Waals surface area contributed by atoms with Gasteiger partial charge in [0.05, 0.1) is 17.2 Å². The van der Waals surface area contributed by atoms with E-state index in [-0.39, 0.29) is 0 Å². The summed E-state index contributed by atoms with van der Waals surface area (Å²) in [5.74, 6) is -0.641. The van der Waals surface area contributed by atoms with Gasteiger partial charge in [0.1, 0.15) is 6.04 Å². The Morgan fingerprint density at radius 1 is 1.48 bits per heavy atom. The van der Waals surface area contributed by atoms with Gasteiger partial charge >= 0.3 is 12.0 Å². The molecule has 0 aliphatic heterocycles. The van der Waals surface area contributed by atoms with E-state index in [1.165, 1.54) is 4.90 Å². The fourth-order valence-corrected chi connectivity index (χ4v) is 2.61. The summed E-state index contributed by atoms with van der Waals surface area (Å²) in [7, 11) is 1.63. The SMILES string of the molecule is CCC[C@H](NC(=O)N(C)Cc1csc(C(C)C)n1)C(=O)O. The van der Waals surface area contributed by atoms with Crippen LogP contribution in [-0.2, 0) is 11.3 Å². The molecule has 0 radical (unpaired) electrons. The largest absolute Gasteiger partial charge is 0.480 e. The van der Waals surface area contributed by atoms with Crippen LogP contribution in [-0.4, -0.2) is 40.1 Å². The van der Waals surface area contributed by atoms with Crippen molar-refractivity contribution in [2.75, 3.05) is 7.05 Å². The van der Waals surface area contributed by atoms with E-state index in [4.69, 9.17) is 5.11 Å². The number of aliphatic carboxylic acids is 1. The average molecular weight is 313 g/mol. The molecule has 6 nitrogen and oxygen atoms in total. The number of carbonyl (C=O) groups excluding carboxylic acids is 1. The first-order chi connectivity index (χ1) is 9.85. The quantitative estimate of drug-likeness (QED) is 0.810. The first-order valence-electron chi connectivity index (χ1n) is 7.03. The summed E-state index contributed by atoms with van der Waals surface area (Å²) in [6.07, 6.45) is 1.12. The monoisotopic (exact) mass is 313 g/mol. The van der Waals surface area contributed by atoms with E-state index in [2.05, 4.69) is 24.1 Å². The Balaban J connectivity index is 2.58. The second-order valence-corrected chi connectivity index (χ2v) is 6.21. The van der Waals surface area contributed by atoms with Crippen LogP contribution in [0.5, 0.6) is 0 Å². The molecule has 1 aromatic heterocycles. The molecular formula is C14H23N3O3S. The molecule has 2 N–H and O–H groups in total. The van der Waals surface area contributed by atoms with E-state index in [0.717, 1.165) is 10.7 Å². The van der Waals surface area contributed by atoms with Crippen LogP contribution in [0.3, 0.4) is 0 Å². The Morgan fingerprint density at radius 2 is 2.14 bits per heavy atom. The number of rotatable bonds is 7. The molecule has 0 spiro atoms. The molecule has 0 aliphatic carbocycles. The normalized spacial score (nSPS) is 12.2. The smallest absolute Gasteiger partial charge is 0.326 e. The van der Waals surface area contributed by atoms with Gasteiger partial charge in [-0.05, 0) is 6.42 Å². The maximum Gasteiger partial charge on any atom is 0.326 e. The van der Waals surface area contributed by atoms with Crippen molar-refractivity contribution in [2.24, 2.45) is 0 Å². The summed E-state index contributed by atoms with van der Waals surface area (Å²) < 4.78 is 0. The molecule has 2 amide bonds. The number of aromatic nitrogens is 1. The van der Waals surface area contributed by atoms with Crippen molar-refractivity contribution >= 4 is 23.3 Å². The molecule has 0 aromatic carbocycles. The van der Waals surface area contributed by atoms with Gasteiger partial charge in [-0.1, -0.05) is 27.2 Å². The van der Waals surface area contributed by atoms with Crippen molar-refractivity contribution < 1.29 is 14.7 Å². The zero-order chi connectivity index (χ0) is 16.0. The lowest BCUT2D eigenvalue weighted by atomic mass is 10.2. The van der Waals surface area contributed by atoms with Crippen molar-refractivity contribution in [3.8, 4) is 0 Å². The molecule has 1 rings (SSSR count). The molecule has 1 heterocycles. The number of carboxylic acids is 1. The molecule has 118 valence electrons. The third kappa shape index (κ3) is 5.34. The number of carbonyl (C=O) groups is 2. The molecule has 0 aliphatic rings. The maximum atomic E-state index is 12.0. The number of carboxylic acid groups (broad SMARTS) is 1. The summed E-state index contributed by atoms with van der Waals surface area (Å²) in [5, 5.41) is 14.5. The molecule has 1 aromatic rings. The fraction of sp³-hybridized carbons (Fsp3) is 0.643. The minimum absolute atomic E-state index is 0.365. The Morgan fingerprint density at radius 3 is 2.62 bits per heavy atom. The fourth-order valence-electron chi connectivity index (χ4n) is 1.78. The Bertz CT molecular complexity index is 488. The highest BCUT2D eigenvalue weighted by atomic mass is 32.1. The Hall–Kier alpha value is -1.63. The van der Waals surface area contributed by atoms with Crippen LogP contribution < -0.4 is 5.32 Å². The van der Waals surface area contributed by atoms with Gasteiger partial charge in [0, 0.05) is 18.3 Å². The number of hydrogen-bond donors (Lipinski definition) is 2. The van der Waals surface area contributed by atoms with Gasteiger partial charge in [-0.15, -0.1) is 11.3 Å². The summed E-state index contributed by atoms with van der Waals surface area (Å²) in [5.41, 5.74) is 0.823. The molecule has 0 saturated heterocycles. The molecule has 0 bridgehead atoms. The predicted molar refractivity (Wildman–Crippen MR) is 82.5 cm³/mol. The van der Waals surface area contributed by atoms with Gasteiger partial charge < -0.3 is 15.3 Å². The van der Waals surface area contributed by atoms with Crippen molar-refractivity contribution in [1.82, 2.24) is 15.2 Å². The third-order valence-electron chi connectivity index (χ3n) is 2.98. The number of nitrogens with zero attached hydrogens (tertiary/aromatic N) is 2. The zero-order valence-corrected chi connectivity index (χ0v) is 13.7. The second-order valence-electron chi connectivity index (χ2n) is 5.32. The molecule has 21 heavy (non-hydrogen) atoms. The van der Waals surface area contributed by atoms with E-state index in [0.29, 0.717) is 25.3 Å². The second kappa shape index (κ2) is 7.97. The zero-order valence-electron chi connectivity index (χ0n) is 12.9. The van der Waals surface area contributed by atoms with Gasteiger partial charge in [0.15, 0.2) is 0 Å². The van der Waals surface area contributed by atoms with Crippen LogP contribution in [0.25, 0.3) is 0 Å². The number of urea groups is 1. The number of amides is 2. The van der Waals surface area contributed by atoms with Crippen molar-refractivity contribution in [1.29, 1.82) is 0 Å². The van der Waals surface area contributed by atoms with Crippen LogP contribution in [0.4, 0.5) is 4.79 Å². The third-order valence-corrected chi connectivity index (χ3v) is 4.18. The van der Waals surface area contributed by atoms with Crippen LogP contribution in [0.15, 0.2) is 5.38 Å². The lowest BCUT2D eigenvalue weighted by Crippen LogP contribution is -2.46. The van der Waals surface area contributed by atoms with Crippen LogP contribution in [0, 0.1) is 0 Å². The van der Waals surface area contributed by atoms with E-state index < -0.39 is 18.0 Å². The minimum atomic E-state index is -1.01. The Kier molecular flexibility index (Phi) is 6.61. The van der Waals surface area contributed by atoms with Gasteiger partial charge in [0.25, 0.3) is 0 Å². The van der Waals surface area contributed by atoms with Crippen LogP contribution in [0.1, 0.15) is 50.2 Å². The predicted octanol–water partition coefficient (Wildman–Crippen LogP) is 2.66. The topological polar surface area (TPSA) is 82.5 Å². The van der Waals surface area contributed by atoms with E-state index in [1.54, 1.807) is 18.4 Å². The number of thiazole rings is 1. The number of hydrogen-bond acceptors (Lipinski definition) is 4. The number of nitrogens with one attached hydrogen (secondary N) is 1. The van der Waals surface area contributed by atoms with Crippen LogP contribution >= 0.6 is 11.3 Å². The van der Waals surface area contributed by atoms with Gasteiger partial charge in [-0.25, -0.2) is 14.6 Å². The standard InChI is InChI=1S/C14H23N3O3S/c1-5-6-11(13(18)19)16-14(20)17(4)7-10-8-21-12(15-10)9(2)3/h8-9,11H,5-7H2,1-4H3,(H,16,20)(H,18,19)/t11-/m0/s1. The summed E-state index contributed by atoms with van der Waals surface area (Å²) in [4.78, 5) is 29.0. The first kappa shape index (κ1) is 17.4. The first-order valence-corrected chi connectivity index (χ1v) is 7.91. The van der Waals surface area contributed by atoms with Crippen molar-refractivity contribution in [2.45, 2.75) is 52.1 Å². The highest BCUT2D eigenvalue weighted by molar-refractivity contribution is 7.09. The highest BCUT2D eigenvalue weighted by Gasteiger charge is 2.21. The van der Waals surface area contributed by atoms with Gasteiger partial charge in [-0.2, -0.15) is 0 Å². The average Bonchev–Trinajstić information content (AvgIpc) is 2.86. The van der Waals surface area contributed by atoms with E-state index in [9.17, 15) is 9.59 Å². The lowest BCUT2D eigenvalue weighted by molar-refractivity contribution is -0.139. The summed E-state index contributed by atoms with van der Waals surface area (Å²) >= 11 is 1.57. The minimum Gasteiger partial charge on any atom is -0.480 e. The molecular weight excluding hydrogens is 290 g/mol. The van der Waals surface area contributed by atoms with Crippen molar-refractivity contribution in [3.63, 3.8) is 0 Å². The van der Waals surface area contributed by atoms with Crippen LogP contribution in [0.2, 0.25) is 0 Å². The highest BCUT2D eigenvalue weighted by Crippen LogP contribution is 2.19. The van der Waals surface area contributed by atoms with Gasteiger partial charge in [-0.3, -0.25) is 0 Å². The lowest BCUT2D eigenvalue weighted by Gasteiger charge is -2.20. The van der Waals surface area contributed by atoms with E-state index in [1.807, 2.05) is 12.3 Å². The molecule has 0 unspecified atom stereocenters. The summed E-state index contributed by atoms with van der Waals surface area (Å²) in [6.45, 7) is 6.39. The molecule has 0 saturated carbocycles. The van der Waals surface area contributed by atoms with Gasteiger partial charge in [0.2, 0.25) is 0 Å². The molecule has 7 heteroatoms. The van der Waals surface area contributed by atoms with Crippen molar-refractivity contribution in [3.05, 3.63) is 16.1 Å². The molecule has 0 fully saturated rings.